The average Bonchev–Trinajstić information content (AvgIpc) is 3.01. The number of halogens is 2. The van der Waals surface area contributed by atoms with E-state index in [4.69, 9.17) is 5.14 Å². The van der Waals surface area contributed by atoms with Crippen molar-refractivity contribution in [3.63, 3.8) is 0 Å². The molecule has 0 unspecified atom stereocenters. The van der Waals surface area contributed by atoms with Crippen LogP contribution in [0.1, 0.15) is 16.0 Å². The van der Waals surface area contributed by atoms with E-state index in [0.29, 0.717) is 19.0 Å². The molecule has 1 heterocycles. The summed E-state index contributed by atoms with van der Waals surface area (Å²) in [4.78, 5) is 4.96. The van der Waals surface area contributed by atoms with E-state index < -0.39 is 10.0 Å². The van der Waals surface area contributed by atoms with E-state index in [1.54, 1.807) is 19.2 Å². The summed E-state index contributed by atoms with van der Waals surface area (Å²) in [6.07, 6.45) is 0.737. The molecular formula is C16H22FIN4O2S2. The molecule has 0 aliphatic heterocycles. The summed E-state index contributed by atoms with van der Waals surface area (Å²) < 4.78 is 35.8. The van der Waals surface area contributed by atoms with Crippen LogP contribution in [-0.2, 0) is 23.0 Å². The minimum absolute atomic E-state index is 0. The number of hydrogen-bond donors (Lipinski definition) is 3. The molecule has 144 valence electrons. The van der Waals surface area contributed by atoms with Crippen LogP contribution in [0, 0.1) is 12.7 Å². The molecule has 4 N–H and O–H groups in total. The Labute approximate surface area is 174 Å². The second-order valence-electron chi connectivity index (χ2n) is 5.44. The van der Waals surface area contributed by atoms with Gasteiger partial charge in [0.25, 0.3) is 0 Å². The normalized spacial score (nSPS) is 11.8. The lowest BCUT2D eigenvalue weighted by molar-refractivity contribution is 0.600. The van der Waals surface area contributed by atoms with Crippen molar-refractivity contribution < 1.29 is 12.8 Å². The largest absolute Gasteiger partial charge is 0.356 e. The molecule has 1 aromatic heterocycles. The minimum atomic E-state index is -3.66. The quantitative estimate of drug-likeness (QED) is 0.315. The number of benzene rings is 1. The number of aliphatic imine (C=N–C) groups is 1. The summed E-state index contributed by atoms with van der Waals surface area (Å²) in [5.74, 6) is 0.367. The molecule has 2 rings (SSSR count). The Morgan fingerprint density at radius 3 is 2.58 bits per heavy atom. The van der Waals surface area contributed by atoms with E-state index >= 15 is 0 Å². The molecule has 26 heavy (non-hydrogen) atoms. The zero-order chi connectivity index (χ0) is 18.4. The SMILES string of the molecule is CN=C(NCCc1ccc(F)cc1C)NCc1ccc(S(N)(=O)=O)s1.I. The second kappa shape index (κ2) is 10.2. The monoisotopic (exact) mass is 512 g/mol. The van der Waals surface area contributed by atoms with Crippen molar-refractivity contribution in [2.24, 2.45) is 10.1 Å². The zero-order valence-corrected chi connectivity index (χ0v) is 18.4. The van der Waals surface area contributed by atoms with Crippen molar-refractivity contribution in [3.8, 4) is 0 Å². The third-order valence-electron chi connectivity index (χ3n) is 3.56. The highest BCUT2D eigenvalue weighted by molar-refractivity contribution is 14.0. The molecule has 1 aromatic carbocycles. The van der Waals surface area contributed by atoms with Crippen LogP contribution in [0.15, 0.2) is 39.5 Å². The average molecular weight is 512 g/mol. The van der Waals surface area contributed by atoms with Crippen LogP contribution in [0.4, 0.5) is 4.39 Å². The molecular weight excluding hydrogens is 490 g/mol. The molecule has 0 bridgehead atoms. The molecule has 0 aliphatic rings. The van der Waals surface area contributed by atoms with Crippen LogP contribution < -0.4 is 15.8 Å². The fourth-order valence-corrected chi connectivity index (χ4v) is 3.97. The standard InChI is InChI=1S/C16H21FN4O2S2.HI/c1-11-9-13(17)4-3-12(11)7-8-20-16(19-2)21-10-14-5-6-15(24-14)25(18,22)23;/h3-6,9H,7-8,10H2,1-2H3,(H2,18,22,23)(H2,19,20,21);1H. The Morgan fingerprint density at radius 1 is 1.27 bits per heavy atom. The third kappa shape index (κ3) is 6.82. The lowest BCUT2D eigenvalue weighted by Crippen LogP contribution is -2.37. The van der Waals surface area contributed by atoms with Crippen LogP contribution in [-0.4, -0.2) is 28.0 Å². The van der Waals surface area contributed by atoms with Gasteiger partial charge in [0.15, 0.2) is 5.96 Å². The van der Waals surface area contributed by atoms with E-state index in [1.807, 2.05) is 6.92 Å². The summed E-state index contributed by atoms with van der Waals surface area (Å²) in [6, 6.07) is 7.96. The van der Waals surface area contributed by atoms with Gasteiger partial charge in [-0.3, -0.25) is 4.99 Å². The molecule has 0 atom stereocenters. The second-order valence-corrected chi connectivity index (χ2v) is 8.40. The number of rotatable bonds is 6. The van der Waals surface area contributed by atoms with Crippen molar-refractivity contribution in [1.82, 2.24) is 10.6 Å². The van der Waals surface area contributed by atoms with Crippen LogP contribution in [0.25, 0.3) is 0 Å². The number of nitrogens with two attached hydrogens (primary N) is 1. The Kier molecular flexibility index (Phi) is 8.93. The zero-order valence-electron chi connectivity index (χ0n) is 14.5. The van der Waals surface area contributed by atoms with Gasteiger partial charge in [0, 0.05) is 18.5 Å². The maximum Gasteiger partial charge on any atom is 0.247 e. The van der Waals surface area contributed by atoms with Crippen LogP contribution >= 0.6 is 35.3 Å². The predicted octanol–water partition coefficient (Wildman–Crippen LogP) is 2.37. The van der Waals surface area contributed by atoms with Gasteiger partial charge in [-0.15, -0.1) is 35.3 Å². The molecule has 2 aromatic rings. The number of nitrogens with one attached hydrogen (secondary N) is 2. The van der Waals surface area contributed by atoms with E-state index in [0.717, 1.165) is 33.8 Å². The van der Waals surface area contributed by atoms with Crippen LogP contribution in [0.2, 0.25) is 0 Å². The number of sulfonamides is 1. The first-order chi connectivity index (χ1) is 11.8. The number of guanidine groups is 1. The Bertz CT molecular complexity index is 869. The number of hydrogen-bond acceptors (Lipinski definition) is 4. The topological polar surface area (TPSA) is 96.6 Å². The lowest BCUT2D eigenvalue weighted by atomic mass is 10.1. The summed E-state index contributed by atoms with van der Waals surface area (Å²) in [5.41, 5.74) is 1.99. The summed E-state index contributed by atoms with van der Waals surface area (Å²) in [5, 5.41) is 11.4. The van der Waals surface area contributed by atoms with E-state index in [-0.39, 0.29) is 34.0 Å². The van der Waals surface area contributed by atoms with Crippen LogP contribution in [0.3, 0.4) is 0 Å². The van der Waals surface area contributed by atoms with Gasteiger partial charge in [-0.05, 0) is 48.7 Å². The number of primary sulfonamides is 1. The van der Waals surface area contributed by atoms with Crippen molar-refractivity contribution >= 4 is 51.3 Å². The number of thiophene rings is 1. The van der Waals surface area contributed by atoms with Gasteiger partial charge in [0.1, 0.15) is 10.0 Å². The molecule has 6 nitrogen and oxygen atoms in total. The third-order valence-corrected chi connectivity index (χ3v) is 6.09. The first-order valence-corrected chi connectivity index (χ1v) is 9.97. The number of nitrogens with zero attached hydrogens (tertiary/aromatic N) is 1. The fourth-order valence-electron chi connectivity index (χ4n) is 2.25. The van der Waals surface area contributed by atoms with Crippen molar-refractivity contribution in [3.05, 3.63) is 52.2 Å². The fraction of sp³-hybridized carbons (Fsp3) is 0.312. The first-order valence-electron chi connectivity index (χ1n) is 7.60. The summed E-state index contributed by atoms with van der Waals surface area (Å²) in [6.45, 7) is 2.96. The number of aryl methyl sites for hydroxylation is 1. The molecule has 0 saturated heterocycles. The van der Waals surface area contributed by atoms with Gasteiger partial charge >= 0.3 is 0 Å². The highest BCUT2D eigenvalue weighted by Gasteiger charge is 2.11. The Balaban J connectivity index is 0.00000338. The van der Waals surface area contributed by atoms with Crippen LogP contribution in [0.5, 0.6) is 0 Å². The van der Waals surface area contributed by atoms with E-state index in [2.05, 4.69) is 15.6 Å². The molecule has 0 spiro atoms. The predicted molar refractivity (Wildman–Crippen MR) is 114 cm³/mol. The Hall–Kier alpha value is -1.24. The highest BCUT2D eigenvalue weighted by Crippen LogP contribution is 2.19. The molecule has 0 radical (unpaired) electrons. The van der Waals surface area contributed by atoms with Crippen molar-refractivity contribution in [2.75, 3.05) is 13.6 Å². The molecule has 0 aliphatic carbocycles. The van der Waals surface area contributed by atoms with E-state index in [1.165, 1.54) is 18.2 Å². The lowest BCUT2D eigenvalue weighted by Gasteiger charge is -2.12. The van der Waals surface area contributed by atoms with Crippen molar-refractivity contribution in [1.29, 1.82) is 0 Å². The first kappa shape index (κ1) is 22.8. The van der Waals surface area contributed by atoms with E-state index in [9.17, 15) is 12.8 Å². The summed E-state index contributed by atoms with van der Waals surface area (Å²) >= 11 is 1.12. The molecule has 0 amide bonds. The van der Waals surface area contributed by atoms with Gasteiger partial charge in [0.05, 0.1) is 6.54 Å². The Morgan fingerprint density at radius 2 is 2.00 bits per heavy atom. The van der Waals surface area contributed by atoms with Gasteiger partial charge in [-0.25, -0.2) is 17.9 Å². The smallest absolute Gasteiger partial charge is 0.247 e. The van der Waals surface area contributed by atoms with Gasteiger partial charge in [-0.1, -0.05) is 6.07 Å². The van der Waals surface area contributed by atoms with Gasteiger partial charge < -0.3 is 10.6 Å². The molecule has 0 fully saturated rings. The molecule has 0 saturated carbocycles. The van der Waals surface area contributed by atoms with Gasteiger partial charge in [-0.2, -0.15) is 0 Å². The highest BCUT2D eigenvalue weighted by atomic mass is 127. The maximum atomic E-state index is 13.1. The molecule has 10 heteroatoms. The van der Waals surface area contributed by atoms with Crippen molar-refractivity contribution in [2.45, 2.75) is 24.1 Å². The minimum Gasteiger partial charge on any atom is -0.356 e. The summed E-state index contributed by atoms with van der Waals surface area (Å²) in [7, 11) is -2.00. The van der Waals surface area contributed by atoms with Gasteiger partial charge in [0.2, 0.25) is 10.0 Å². The maximum absolute atomic E-state index is 13.1.